The maximum atomic E-state index is 13.6. The van der Waals surface area contributed by atoms with E-state index in [0.29, 0.717) is 22.0 Å². The Balaban J connectivity index is 2.07. The molecular formula is C15H9Cl2FN2S. The summed E-state index contributed by atoms with van der Waals surface area (Å²) < 4.78 is 13.6. The summed E-state index contributed by atoms with van der Waals surface area (Å²) in [5.41, 5.74) is 8.54. The second kappa shape index (κ2) is 5.64. The molecule has 1 aromatic heterocycles. The van der Waals surface area contributed by atoms with Gasteiger partial charge in [-0.05, 0) is 24.3 Å². The molecule has 21 heavy (non-hydrogen) atoms. The van der Waals surface area contributed by atoms with E-state index in [2.05, 4.69) is 4.98 Å². The Morgan fingerprint density at radius 1 is 1.05 bits per heavy atom. The average molecular weight is 339 g/mol. The van der Waals surface area contributed by atoms with Crippen molar-refractivity contribution >= 4 is 40.2 Å². The van der Waals surface area contributed by atoms with Crippen molar-refractivity contribution < 1.29 is 4.39 Å². The number of nitrogens with zero attached hydrogens (tertiary/aromatic N) is 1. The highest BCUT2D eigenvalue weighted by atomic mass is 35.5. The van der Waals surface area contributed by atoms with Crippen molar-refractivity contribution in [3.63, 3.8) is 0 Å². The SMILES string of the molecule is Nc1ccccc1-c1nc(-c2cc(F)c(Cl)cc2Cl)cs1. The maximum Gasteiger partial charge on any atom is 0.142 e. The van der Waals surface area contributed by atoms with Crippen LogP contribution in [0.15, 0.2) is 41.8 Å². The zero-order valence-electron chi connectivity index (χ0n) is 10.6. The normalized spacial score (nSPS) is 10.8. The Morgan fingerprint density at radius 2 is 1.81 bits per heavy atom. The number of hydrogen-bond acceptors (Lipinski definition) is 3. The third kappa shape index (κ3) is 2.75. The van der Waals surface area contributed by atoms with E-state index in [0.717, 1.165) is 10.6 Å². The predicted molar refractivity (Wildman–Crippen MR) is 87.4 cm³/mol. The predicted octanol–water partition coefficient (Wildman–Crippen LogP) is 5.51. The highest BCUT2D eigenvalue weighted by Crippen LogP contribution is 2.36. The van der Waals surface area contributed by atoms with E-state index in [9.17, 15) is 4.39 Å². The molecule has 0 aliphatic carbocycles. The minimum absolute atomic E-state index is 0.00786. The first-order valence-corrected chi connectivity index (χ1v) is 7.65. The fourth-order valence-electron chi connectivity index (χ4n) is 1.93. The van der Waals surface area contributed by atoms with Crippen molar-refractivity contribution in [2.24, 2.45) is 0 Å². The van der Waals surface area contributed by atoms with Gasteiger partial charge >= 0.3 is 0 Å². The minimum atomic E-state index is -0.523. The largest absolute Gasteiger partial charge is 0.398 e. The Bertz CT molecular complexity index is 817. The molecule has 3 aromatic rings. The average Bonchev–Trinajstić information content (AvgIpc) is 2.92. The minimum Gasteiger partial charge on any atom is -0.398 e. The van der Waals surface area contributed by atoms with Gasteiger partial charge in [-0.1, -0.05) is 35.3 Å². The Labute approximate surface area is 135 Å². The number of benzene rings is 2. The number of halogens is 3. The molecular weight excluding hydrogens is 330 g/mol. The van der Waals surface area contributed by atoms with Gasteiger partial charge in [0, 0.05) is 22.2 Å². The molecule has 3 rings (SSSR count). The molecule has 0 spiro atoms. The highest BCUT2D eigenvalue weighted by Gasteiger charge is 2.13. The van der Waals surface area contributed by atoms with Crippen LogP contribution in [0.4, 0.5) is 10.1 Å². The molecule has 6 heteroatoms. The van der Waals surface area contributed by atoms with E-state index in [1.807, 2.05) is 29.6 Å². The van der Waals surface area contributed by atoms with Crippen molar-refractivity contribution in [1.82, 2.24) is 4.98 Å². The van der Waals surface area contributed by atoms with Gasteiger partial charge in [-0.2, -0.15) is 0 Å². The fourth-order valence-corrected chi connectivity index (χ4v) is 3.28. The summed E-state index contributed by atoms with van der Waals surface area (Å²) in [7, 11) is 0. The van der Waals surface area contributed by atoms with Crippen LogP contribution in [0.3, 0.4) is 0 Å². The standard InChI is InChI=1S/C15H9Cl2FN2S/c16-10-6-11(17)12(18)5-9(10)14-7-21-15(20-14)8-3-1-2-4-13(8)19/h1-7H,19H2. The van der Waals surface area contributed by atoms with E-state index in [1.54, 1.807) is 0 Å². The van der Waals surface area contributed by atoms with Crippen LogP contribution >= 0.6 is 34.5 Å². The lowest BCUT2D eigenvalue weighted by Crippen LogP contribution is -1.89. The van der Waals surface area contributed by atoms with Crippen LogP contribution in [0.25, 0.3) is 21.8 Å². The van der Waals surface area contributed by atoms with E-state index in [-0.39, 0.29) is 5.02 Å². The third-order valence-electron chi connectivity index (χ3n) is 2.98. The van der Waals surface area contributed by atoms with Gasteiger partial charge < -0.3 is 5.73 Å². The second-order valence-corrected chi connectivity index (χ2v) is 6.04. The first-order chi connectivity index (χ1) is 10.1. The van der Waals surface area contributed by atoms with Crippen molar-refractivity contribution in [1.29, 1.82) is 0 Å². The molecule has 0 bridgehead atoms. The second-order valence-electron chi connectivity index (χ2n) is 4.37. The van der Waals surface area contributed by atoms with Crippen molar-refractivity contribution in [3.05, 3.63) is 57.6 Å². The molecule has 0 radical (unpaired) electrons. The van der Waals surface area contributed by atoms with Gasteiger partial charge in [0.15, 0.2) is 0 Å². The van der Waals surface area contributed by atoms with Gasteiger partial charge in [0.05, 0.1) is 15.7 Å². The Hall–Kier alpha value is -1.62. The van der Waals surface area contributed by atoms with E-state index in [1.165, 1.54) is 23.5 Å². The lowest BCUT2D eigenvalue weighted by Gasteiger charge is -2.03. The van der Waals surface area contributed by atoms with Crippen LogP contribution in [0.5, 0.6) is 0 Å². The Morgan fingerprint density at radius 3 is 2.57 bits per heavy atom. The van der Waals surface area contributed by atoms with Gasteiger partial charge in [-0.15, -0.1) is 11.3 Å². The van der Waals surface area contributed by atoms with Crippen LogP contribution < -0.4 is 5.73 Å². The van der Waals surface area contributed by atoms with Crippen LogP contribution in [0.2, 0.25) is 10.0 Å². The summed E-state index contributed by atoms with van der Waals surface area (Å²) in [6.45, 7) is 0. The molecule has 0 saturated heterocycles. The first-order valence-electron chi connectivity index (χ1n) is 6.01. The highest BCUT2D eigenvalue weighted by molar-refractivity contribution is 7.13. The van der Waals surface area contributed by atoms with Crippen molar-refractivity contribution in [2.75, 3.05) is 5.73 Å². The smallest absolute Gasteiger partial charge is 0.142 e. The van der Waals surface area contributed by atoms with Crippen LogP contribution in [0.1, 0.15) is 0 Å². The number of nitrogen functional groups attached to an aromatic ring is 1. The van der Waals surface area contributed by atoms with Crippen LogP contribution in [-0.2, 0) is 0 Å². The summed E-state index contributed by atoms with van der Waals surface area (Å²) in [6, 6.07) is 10.1. The summed E-state index contributed by atoms with van der Waals surface area (Å²) in [6.07, 6.45) is 0. The molecule has 106 valence electrons. The lowest BCUT2D eigenvalue weighted by molar-refractivity contribution is 0.629. The van der Waals surface area contributed by atoms with Gasteiger partial charge in [-0.3, -0.25) is 0 Å². The molecule has 0 amide bonds. The van der Waals surface area contributed by atoms with Gasteiger partial charge in [0.25, 0.3) is 0 Å². The quantitative estimate of drug-likeness (QED) is 0.494. The summed E-state index contributed by atoms with van der Waals surface area (Å²) >= 11 is 13.2. The zero-order valence-corrected chi connectivity index (χ0v) is 12.9. The molecule has 0 aliphatic heterocycles. The van der Waals surface area contributed by atoms with E-state index in [4.69, 9.17) is 28.9 Å². The summed E-state index contributed by atoms with van der Waals surface area (Å²) in [5.74, 6) is -0.523. The van der Waals surface area contributed by atoms with Gasteiger partial charge in [0.1, 0.15) is 10.8 Å². The Kier molecular flexibility index (Phi) is 3.85. The number of para-hydroxylation sites is 1. The third-order valence-corrected chi connectivity index (χ3v) is 4.46. The summed E-state index contributed by atoms with van der Waals surface area (Å²) in [5, 5.41) is 2.93. The van der Waals surface area contributed by atoms with E-state index >= 15 is 0 Å². The molecule has 0 atom stereocenters. The van der Waals surface area contributed by atoms with Gasteiger partial charge in [-0.25, -0.2) is 9.37 Å². The number of rotatable bonds is 2. The number of nitrogens with two attached hydrogens (primary N) is 1. The number of anilines is 1. The topological polar surface area (TPSA) is 38.9 Å². The molecule has 0 aliphatic rings. The first kappa shape index (κ1) is 14.3. The lowest BCUT2D eigenvalue weighted by atomic mass is 10.1. The number of thiazole rings is 1. The monoisotopic (exact) mass is 338 g/mol. The fraction of sp³-hybridized carbons (Fsp3) is 0. The zero-order chi connectivity index (χ0) is 15.0. The molecule has 2 aromatic carbocycles. The molecule has 2 N–H and O–H groups in total. The number of aromatic nitrogens is 1. The van der Waals surface area contributed by atoms with Crippen molar-refractivity contribution in [3.8, 4) is 21.8 Å². The maximum absolute atomic E-state index is 13.6. The van der Waals surface area contributed by atoms with Crippen LogP contribution in [0, 0.1) is 5.82 Å². The molecule has 0 saturated carbocycles. The van der Waals surface area contributed by atoms with Crippen LogP contribution in [-0.4, -0.2) is 4.98 Å². The molecule has 2 nitrogen and oxygen atoms in total. The van der Waals surface area contributed by atoms with Gasteiger partial charge in [0.2, 0.25) is 0 Å². The molecule has 0 unspecified atom stereocenters. The van der Waals surface area contributed by atoms with Crippen molar-refractivity contribution in [2.45, 2.75) is 0 Å². The molecule has 1 heterocycles. The molecule has 0 fully saturated rings. The number of hydrogen-bond donors (Lipinski definition) is 1. The summed E-state index contributed by atoms with van der Waals surface area (Å²) in [4.78, 5) is 4.49. The van der Waals surface area contributed by atoms with E-state index < -0.39 is 5.82 Å².